The van der Waals surface area contributed by atoms with E-state index < -0.39 is 0 Å². The summed E-state index contributed by atoms with van der Waals surface area (Å²) >= 11 is 0. The fraction of sp³-hybridized carbons (Fsp3) is 0.542. The maximum absolute atomic E-state index is 12.7. The average Bonchev–Trinajstić information content (AvgIpc) is 2.77. The van der Waals surface area contributed by atoms with E-state index in [2.05, 4.69) is 48.3 Å². The molecule has 2 fully saturated rings. The monoisotopic (exact) mass is 407 g/mol. The van der Waals surface area contributed by atoms with Gasteiger partial charge < -0.3 is 15.1 Å². The zero-order chi connectivity index (χ0) is 21.1. The van der Waals surface area contributed by atoms with Crippen molar-refractivity contribution >= 4 is 11.8 Å². The third kappa shape index (κ3) is 4.58. The molecule has 0 unspecified atom stereocenters. The fourth-order valence-corrected chi connectivity index (χ4v) is 4.39. The van der Waals surface area contributed by atoms with E-state index in [9.17, 15) is 4.79 Å². The lowest BCUT2D eigenvalue weighted by Crippen LogP contribution is -2.54. The quantitative estimate of drug-likeness (QED) is 0.827. The molecule has 0 atom stereocenters. The molecule has 4 rings (SSSR count). The molecule has 1 saturated heterocycles. The molecule has 30 heavy (non-hydrogen) atoms. The molecule has 2 heterocycles. The number of nitrogens with zero attached hydrogens (tertiary/aromatic N) is 4. The molecule has 1 saturated carbocycles. The highest BCUT2D eigenvalue weighted by atomic mass is 16.2. The summed E-state index contributed by atoms with van der Waals surface area (Å²) in [5.41, 5.74) is 4.39. The number of hydrogen-bond donors (Lipinski definition) is 1. The summed E-state index contributed by atoms with van der Waals surface area (Å²) < 4.78 is 0. The number of urea groups is 1. The third-order valence-electron chi connectivity index (χ3n) is 6.47. The van der Waals surface area contributed by atoms with Crippen LogP contribution in [0.2, 0.25) is 0 Å². The summed E-state index contributed by atoms with van der Waals surface area (Å²) in [6.07, 6.45) is 6.00. The van der Waals surface area contributed by atoms with Gasteiger partial charge in [-0.05, 0) is 33.6 Å². The van der Waals surface area contributed by atoms with Crippen LogP contribution in [0.1, 0.15) is 48.9 Å². The van der Waals surface area contributed by atoms with Crippen molar-refractivity contribution in [3.05, 3.63) is 41.1 Å². The number of piperazine rings is 1. The number of hydrogen-bond acceptors (Lipinski definition) is 4. The Balaban J connectivity index is 1.43. The SMILES string of the molecule is Cc1ccc(-c2nc(C)c(C)c(N3CCN(C(=O)NC4CCCCC4)CC3)n2)cc1. The van der Waals surface area contributed by atoms with E-state index >= 15 is 0 Å². The van der Waals surface area contributed by atoms with Crippen LogP contribution in [0.25, 0.3) is 11.4 Å². The Morgan fingerprint density at radius 2 is 1.60 bits per heavy atom. The number of nitrogens with one attached hydrogen (secondary N) is 1. The Kier molecular flexibility index (Phi) is 6.21. The van der Waals surface area contributed by atoms with Crippen LogP contribution in [0, 0.1) is 20.8 Å². The van der Waals surface area contributed by atoms with E-state index in [0.717, 1.165) is 67.5 Å². The molecule has 0 spiro atoms. The zero-order valence-corrected chi connectivity index (χ0v) is 18.4. The highest BCUT2D eigenvalue weighted by molar-refractivity contribution is 5.75. The second kappa shape index (κ2) is 9.02. The first-order valence-corrected chi connectivity index (χ1v) is 11.2. The topological polar surface area (TPSA) is 61.4 Å². The third-order valence-corrected chi connectivity index (χ3v) is 6.47. The molecule has 1 N–H and O–H groups in total. The van der Waals surface area contributed by atoms with Crippen molar-refractivity contribution in [1.29, 1.82) is 0 Å². The number of aryl methyl sites for hydroxylation is 2. The van der Waals surface area contributed by atoms with Crippen LogP contribution >= 0.6 is 0 Å². The molecule has 6 nitrogen and oxygen atoms in total. The molecule has 1 aliphatic carbocycles. The predicted octanol–water partition coefficient (Wildman–Crippen LogP) is 4.23. The molecular formula is C24H33N5O. The Morgan fingerprint density at radius 1 is 0.933 bits per heavy atom. The van der Waals surface area contributed by atoms with E-state index in [1.165, 1.54) is 24.8 Å². The number of anilines is 1. The second-order valence-corrected chi connectivity index (χ2v) is 8.71. The van der Waals surface area contributed by atoms with Crippen molar-refractivity contribution in [3.8, 4) is 11.4 Å². The fourth-order valence-electron chi connectivity index (χ4n) is 4.39. The molecule has 0 radical (unpaired) electrons. The molecule has 1 aromatic carbocycles. The summed E-state index contributed by atoms with van der Waals surface area (Å²) in [7, 11) is 0. The average molecular weight is 408 g/mol. The highest BCUT2D eigenvalue weighted by Crippen LogP contribution is 2.26. The molecular weight excluding hydrogens is 374 g/mol. The van der Waals surface area contributed by atoms with Crippen molar-refractivity contribution in [2.24, 2.45) is 0 Å². The van der Waals surface area contributed by atoms with Crippen molar-refractivity contribution in [2.75, 3.05) is 31.1 Å². The largest absolute Gasteiger partial charge is 0.353 e. The number of amides is 2. The molecule has 6 heteroatoms. The highest BCUT2D eigenvalue weighted by Gasteiger charge is 2.26. The van der Waals surface area contributed by atoms with Gasteiger partial charge in [0.1, 0.15) is 5.82 Å². The van der Waals surface area contributed by atoms with Gasteiger partial charge >= 0.3 is 6.03 Å². The van der Waals surface area contributed by atoms with E-state index in [0.29, 0.717) is 6.04 Å². The first kappa shape index (κ1) is 20.6. The molecule has 1 aromatic heterocycles. The van der Waals surface area contributed by atoms with Gasteiger partial charge in [-0.15, -0.1) is 0 Å². The lowest BCUT2D eigenvalue weighted by Gasteiger charge is -2.37. The second-order valence-electron chi connectivity index (χ2n) is 8.71. The molecule has 1 aliphatic heterocycles. The first-order valence-electron chi connectivity index (χ1n) is 11.2. The summed E-state index contributed by atoms with van der Waals surface area (Å²) in [5, 5.41) is 3.24. The normalized spacial score (nSPS) is 17.8. The van der Waals surface area contributed by atoms with E-state index in [-0.39, 0.29) is 6.03 Å². The standard InChI is InChI=1S/C24H33N5O/c1-17-9-11-20(12-10-17)22-25-19(3)18(2)23(27-22)28-13-15-29(16-14-28)24(30)26-21-7-5-4-6-8-21/h9-12,21H,4-8,13-16H2,1-3H3,(H,26,30). The number of carbonyl (C=O) groups is 1. The Hall–Kier alpha value is -2.63. The summed E-state index contributed by atoms with van der Waals surface area (Å²) in [5.74, 6) is 1.76. The summed E-state index contributed by atoms with van der Waals surface area (Å²) in [6.45, 7) is 9.26. The van der Waals surface area contributed by atoms with Crippen molar-refractivity contribution in [1.82, 2.24) is 20.2 Å². The minimum atomic E-state index is 0.0949. The van der Waals surface area contributed by atoms with Gasteiger partial charge in [0, 0.05) is 49.0 Å². The Labute approximate surface area is 179 Å². The van der Waals surface area contributed by atoms with Crippen LogP contribution in [-0.4, -0.2) is 53.1 Å². The predicted molar refractivity (Wildman–Crippen MR) is 121 cm³/mol. The van der Waals surface area contributed by atoms with Crippen molar-refractivity contribution in [3.63, 3.8) is 0 Å². The smallest absolute Gasteiger partial charge is 0.317 e. The maximum atomic E-state index is 12.7. The maximum Gasteiger partial charge on any atom is 0.317 e. The van der Waals surface area contributed by atoms with Gasteiger partial charge in [-0.1, -0.05) is 49.1 Å². The first-order chi connectivity index (χ1) is 14.5. The number of rotatable bonds is 3. The van der Waals surface area contributed by atoms with E-state index in [1.54, 1.807) is 0 Å². The number of aromatic nitrogens is 2. The molecule has 0 bridgehead atoms. The van der Waals surface area contributed by atoms with Crippen molar-refractivity contribution in [2.45, 2.75) is 58.9 Å². The lowest BCUT2D eigenvalue weighted by atomic mass is 9.96. The minimum absolute atomic E-state index is 0.0949. The van der Waals surface area contributed by atoms with Crippen LogP contribution in [0.4, 0.5) is 10.6 Å². The number of carbonyl (C=O) groups excluding carboxylic acids is 1. The van der Waals surface area contributed by atoms with Gasteiger partial charge in [-0.3, -0.25) is 0 Å². The van der Waals surface area contributed by atoms with Crippen molar-refractivity contribution < 1.29 is 4.79 Å². The summed E-state index contributed by atoms with van der Waals surface area (Å²) in [4.78, 5) is 26.6. The minimum Gasteiger partial charge on any atom is -0.353 e. The molecule has 2 aromatic rings. The van der Waals surface area contributed by atoms with Gasteiger partial charge in [0.25, 0.3) is 0 Å². The van der Waals surface area contributed by atoms with Gasteiger partial charge in [0.2, 0.25) is 0 Å². The van der Waals surface area contributed by atoms with Crippen LogP contribution in [0.3, 0.4) is 0 Å². The van der Waals surface area contributed by atoms with Gasteiger partial charge in [-0.25, -0.2) is 14.8 Å². The lowest BCUT2D eigenvalue weighted by molar-refractivity contribution is 0.186. The van der Waals surface area contributed by atoms with Crippen LogP contribution < -0.4 is 10.2 Å². The van der Waals surface area contributed by atoms with Gasteiger partial charge in [-0.2, -0.15) is 0 Å². The van der Waals surface area contributed by atoms with Crippen LogP contribution in [-0.2, 0) is 0 Å². The zero-order valence-electron chi connectivity index (χ0n) is 18.4. The molecule has 160 valence electrons. The Bertz CT molecular complexity index is 881. The molecule has 2 amide bonds. The van der Waals surface area contributed by atoms with E-state index in [4.69, 9.17) is 9.97 Å². The number of benzene rings is 1. The van der Waals surface area contributed by atoms with Crippen LogP contribution in [0.15, 0.2) is 24.3 Å². The van der Waals surface area contributed by atoms with Gasteiger partial charge in [0.15, 0.2) is 5.82 Å². The van der Waals surface area contributed by atoms with E-state index in [1.807, 2.05) is 11.8 Å². The van der Waals surface area contributed by atoms with Gasteiger partial charge in [0.05, 0.1) is 0 Å². The summed E-state index contributed by atoms with van der Waals surface area (Å²) in [6, 6.07) is 8.80. The molecule has 2 aliphatic rings. The Morgan fingerprint density at radius 3 is 2.27 bits per heavy atom. The van der Waals surface area contributed by atoms with Crippen LogP contribution in [0.5, 0.6) is 0 Å².